The highest BCUT2D eigenvalue weighted by atomic mass is 19.3. The summed E-state index contributed by atoms with van der Waals surface area (Å²) in [5.74, 6) is 1.68. The van der Waals surface area contributed by atoms with Gasteiger partial charge in [0.2, 0.25) is 0 Å². The fraction of sp³-hybridized carbons (Fsp3) is 1.00. The summed E-state index contributed by atoms with van der Waals surface area (Å²) >= 11 is 0. The molecule has 1 N–H and O–H groups in total. The van der Waals surface area contributed by atoms with Gasteiger partial charge in [0.05, 0.1) is 6.54 Å². The first kappa shape index (κ1) is 13.7. The Bertz CT molecular complexity index is 290. The van der Waals surface area contributed by atoms with Gasteiger partial charge in [0.1, 0.15) is 0 Å². The van der Waals surface area contributed by atoms with E-state index in [-0.39, 0.29) is 12.6 Å². The van der Waals surface area contributed by atoms with Crippen molar-refractivity contribution >= 4 is 0 Å². The first-order valence-corrected chi connectivity index (χ1v) is 7.96. The Kier molecular flexibility index (Phi) is 4.37. The van der Waals surface area contributed by atoms with Crippen molar-refractivity contribution in [3.8, 4) is 0 Å². The van der Waals surface area contributed by atoms with Crippen molar-refractivity contribution in [2.45, 2.75) is 63.5 Å². The van der Waals surface area contributed by atoms with E-state index in [2.05, 4.69) is 10.2 Å². The molecule has 0 radical (unpaired) electrons. The molecule has 0 aromatic rings. The Balaban J connectivity index is 1.52. The van der Waals surface area contributed by atoms with Gasteiger partial charge in [-0.05, 0) is 37.5 Å². The largest absolute Gasteiger partial charge is 0.307 e. The maximum Gasteiger partial charge on any atom is 0.250 e. The molecule has 0 bridgehead atoms. The van der Waals surface area contributed by atoms with Crippen molar-refractivity contribution in [1.29, 1.82) is 0 Å². The van der Waals surface area contributed by atoms with Crippen molar-refractivity contribution in [2.24, 2.45) is 11.8 Å². The van der Waals surface area contributed by atoms with Crippen molar-refractivity contribution in [2.75, 3.05) is 19.6 Å². The number of halogens is 2. The lowest BCUT2D eigenvalue weighted by atomic mass is 9.84. The highest BCUT2D eigenvalue weighted by molar-refractivity contribution is 4.91. The maximum atomic E-state index is 12.4. The number of hydrogen-bond acceptors (Lipinski definition) is 2. The van der Waals surface area contributed by atoms with Crippen LogP contribution >= 0.6 is 0 Å². The average molecular weight is 272 g/mol. The van der Waals surface area contributed by atoms with Gasteiger partial charge < -0.3 is 5.32 Å². The molecule has 0 spiro atoms. The van der Waals surface area contributed by atoms with E-state index in [0.717, 1.165) is 30.8 Å². The van der Waals surface area contributed by atoms with Crippen LogP contribution in [0.15, 0.2) is 0 Å². The van der Waals surface area contributed by atoms with Gasteiger partial charge in [0.15, 0.2) is 0 Å². The maximum absolute atomic E-state index is 12.4. The fourth-order valence-corrected chi connectivity index (χ4v) is 3.69. The van der Waals surface area contributed by atoms with Gasteiger partial charge in [-0.2, -0.15) is 0 Å². The van der Waals surface area contributed by atoms with Gasteiger partial charge in [-0.1, -0.05) is 19.3 Å². The van der Waals surface area contributed by atoms with Gasteiger partial charge in [-0.3, -0.25) is 4.90 Å². The first-order valence-electron chi connectivity index (χ1n) is 7.96. The highest BCUT2D eigenvalue weighted by Crippen LogP contribution is 2.39. The molecule has 3 rings (SSSR count). The lowest BCUT2D eigenvalue weighted by Crippen LogP contribution is -2.54. The summed E-state index contributed by atoms with van der Waals surface area (Å²) in [4.78, 5) is 2.59. The van der Waals surface area contributed by atoms with Gasteiger partial charge in [0.25, 0.3) is 6.43 Å². The Labute approximate surface area is 114 Å². The van der Waals surface area contributed by atoms with Crippen molar-refractivity contribution in [3.63, 3.8) is 0 Å². The first-order chi connectivity index (χ1) is 9.20. The summed E-state index contributed by atoms with van der Waals surface area (Å²) in [6, 6.07) is 1.03. The van der Waals surface area contributed by atoms with E-state index in [1.54, 1.807) is 0 Å². The zero-order valence-corrected chi connectivity index (χ0v) is 11.7. The Hall–Kier alpha value is -0.220. The molecule has 0 amide bonds. The molecule has 1 heterocycles. The van der Waals surface area contributed by atoms with E-state index in [4.69, 9.17) is 0 Å². The zero-order chi connectivity index (χ0) is 13.2. The molecule has 0 aromatic heterocycles. The molecule has 3 fully saturated rings. The van der Waals surface area contributed by atoms with Crippen molar-refractivity contribution in [1.82, 2.24) is 10.2 Å². The Morgan fingerprint density at radius 2 is 1.84 bits per heavy atom. The normalized spacial score (nSPS) is 33.6. The van der Waals surface area contributed by atoms with E-state index in [0.29, 0.717) is 0 Å². The van der Waals surface area contributed by atoms with Crippen molar-refractivity contribution < 1.29 is 8.78 Å². The summed E-state index contributed by atoms with van der Waals surface area (Å²) in [5, 5.41) is 3.09. The molecular weight excluding hydrogens is 246 g/mol. The molecular formula is C15H26F2N2. The predicted octanol–water partition coefficient (Wildman–Crippen LogP) is 2.88. The van der Waals surface area contributed by atoms with E-state index in [9.17, 15) is 8.78 Å². The molecule has 4 heteroatoms. The van der Waals surface area contributed by atoms with E-state index >= 15 is 0 Å². The van der Waals surface area contributed by atoms with Crippen LogP contribution in [0.25, 0.3) is 0 Å². The monoisotopic (exact) mass is 272 g/mol. The molecule has 2 nitrogen and oxygen atoms in total. The van der Waals surface area contributed by atoms with Crippen LogP contribution in [0.5, 0.6) is 0 Å². The molecule has 2 unspecified atom stereocenters. The smallest absolute Gasteiger partial charge is 0.250 e. The summed E-state index contributed by atoms with van der Waals surface area (Å²) in [7, 11) is 0. The highest BCUT2D eigenvalue weighted by Gasteiger charge is 2.36. The molecule has 3 aliphatic rings. The molecule has 2 aliphatic carbocycles. The van der Waals surface area contributed by atoms with Crippen LogP contribution in [0.2, 0.25) is 0 Å². The average Bonchev–Trinajstić information content (AvgIpc) is 3.07. The SMILES string of the molecule is FC(F)CNC1CC(CC2CC2)CN(C2CCC2)C1. The second-order valence-corrected chi connectivity index (χ2v) is 6.82. The second-order valence-electron chi connectivity index (χ2n) is 6.82. The number of likely N-dealkylation sites (tertiary alicyclic amines) is 1. The van der Waals surface area contributed by atoms with Crippen molar-refractivity contribution in [3.05, 3.63) is 0 Å². The van der Waals surface area contributed by atoms with Crippen LogP contribution in [0.4, 0.5) is 8.78 Å². The van der Waals surface area contributed by atoms with Crippen LogP contribution in [0.1, 0.15) is 44.9 Å². The molecule has 1 saturated heterocycles. The lowest BCUT2D eigenvalue weighted by molar-refractivity contribution is 0.0485. The van der Waals surface area contributed by atoms with E-state index in [1.807, 2.05) is 0 Å². The molecule has 0 aromatic carbocycles. The fourth-order valence-electron chi connectivity index (χ4n) is 3.69. The Morgan fingerprint density at radius 3 is 2.42 bits per heavy atom. The van der Waals surface area contributed by atoms with Crippen LogP contribution in [-0.2, 0) is 0 Å². The summed E-state index contributed by atoms with van der Waals surface area (Å²) < 4.78 is 24.7. The van der Waals surface area contributed by atoms with Gasteiger partial charge in [0, 0.05) is 25.2 Å². The van der Waals surface area contributed by atoms with E-state index < -0.39 is 6.43 Å². The van der Waals surface area contributed by atoms with Crippen LogP contribution in [0.3, 0.4) is 0 Å². The molecule has 2 saturated carbocycles. The van der Waals surface area contributed by atoms with Crippen LogP contribution in [0, 0.1) is 11.8 Å². The molecule has 110 valence electrons. The number of nitrogens with one attached hydrogen (secondary N) is 1. The zero-order valence-electron chi connectivity index (χ0n) is 11.7. The quantitative estimate of drug-likeness (QED) is 0.800. The summed E-state index contributed by atoms with van der Waals surface area (Å²) in [6.45, 7) is 2.06. The number of nitrogens with zero attached hydrogens (tertiary/aromatic N) is 1. The molecule has 1 aliphatic heterocycles. The standard InChI is InChI=1S/C15H26F2N2/c16-15(17)8-18-13-7-12(6-11-4-5-11)9-19(10-13)14-2-1-3-14/h11-15,18H,1-10H2. The minimum Gasteiger partial charge on any atom is -0.307 e. The molecule has 2 atom stereocenters. The van der Waals surface area contributed by atoms with E-state index in [1.165, 1.54) is 45.1 Å². The summed E-state index contributed by atoms with van der Waals surface area (Å²) in [6.07, 6.45) is 6.99. The second kappa shape index (κ2) is 6.04. The Morgan fingerprint density at radius 1 is 1.05 bits per heavy atom. The topological polar surface area (TPSA) is 15.3 Å². The van der Waals surface area contributed by atoms with Gasteiger partial charge >= 0.3 is 0 Å². The third kappa shape index (κ3) is 3.88. The third-order valence-electron chi connectivity index (χ3n) is 5.08. The number of alkyl halides is 2. The van der Waals surface area contributed by atoms with Crippen LogP contribution in [-0.4, -0.2) is 43.0 Å². The minimum atomic E-state index is -2.22. The molecule has 19 heavy (non-hydrogen) atoms. The number of hydrogen-bond donors (Lipinski definition) is 1. The number of piperidine rings is 1. The van der Waals surface area contributed by atoms with Crippen LogP contribution < -0.4 is 5.32 Å². The third-order valence-corrected chi connectivity index (χ3v) is 5.08. The lowest BCUT2D eigenvalue weighted by Gasteiger charge is -2.45. The van der Waals surface area contributed by atoms with Gasteiger partial charge in [-0.15, -0.1) is 0 Å². The summed E-state index contributed by atoms with van der Waals surface area (Å²) in [5.41, 5.74) is 0. The predicted molar refractivity (Wildman–Crippen MR) is 72.5 cm³/mol. The minimum absolute atomic E-state index is 0.140. The number of rotatable bonds is 6. The van der Waals surface area contributed by atoms with Gasteiger partial charge in [-0.25, -0.2) is 8.78 Å².